The SMILES string of the molecule is CCOC(=O)c1cc([N+](=O)[O-])c(C(F)F)cn1. The smallest absolute Gasteiger partial charge is 0.357 e. The fourth-order valence-electron chi connectivity index (χ4n) is 1.10. The molecule has 0 fully saturated rings. The number of aromatic nitrogens is 1. The molecule has 0 saturated carbocycles. The van der Waals surface area contributed by atoms with Gasteiger partial charge in [-0.3, -0.25) is 10.1 Å². The molecule has 6 nitrogen and oxygen atoms in total. The lowest BCUT2D eigenvalue weighted by Gasteiger charge is -2.04. The quantitative estimate of drug-likeness (QED) is 0.461. The van der Waals surface area contributed by atoms with Crippen LogP contribution >= 0.6 is 0 Å². The van der Waals surface area contributed by atoms with Crippen molar-refractivity contribution < 1.29 is 23.2 Å². The van der Waals surface area contributed by atoms with Gasteiger partial charge in [0.15, 0.2) is 5.69 Å². The van der Waals surface area contributed by atoms with Gasteiger partial charge < -0.3 is 4.74 Å². The first-order valence-electron chi connectivity index (χ1n) is 4.57. The van der Waals surface area contributed by atoms with Crippen LogP contribution in [-0.2, 0) is 4.74 Å². The van der Waals surface area contributed by atoms with E-state index in [1.165, 1.54) is 0 Å². The number of halogens is 2. The minimum atomic E-state index is -3.03. The number of alkyl halides is 2. The maximum atomic E-state index is 12.4. The Labute approximate surface area is 94.4 Å². The lowest BCUT2D eigenvalue weighted by atomic mass is 10.2. The predicted octanol–water partition coefficient (Wildman–Crippen LogP) is 2.10. The second-order valence-corrected chi connectivity index (χ2v) is 2.91. The van der Waals surface area contributed by atoms with Gasteiger partial charge in [0.25, 0.3) is 12.1 Å². The van der Waals surface area contributed by atoms with E-state index in [0.717, 1.165) is 0 Å². The third kappa shape index (κ3) is 2.92. The molecule has 0 amide bonds. The summed E-state index contributed by atoms with van der Waals surface area (Å²) in [5.41, 5.74) is -2.05. The molecule has 0 aromatic carbocycles. The van der Waals surface area contributed by atoms with E-state index >= 15 is 0 Å². The molecule has 0 unspecified atom stereocenters. The molecule has 0 aliphatic heterocycles. The van der Waals surface area contributed by atoms with E-state index < -0.39 is 28.6 Å². The molecule has 0 radical (unpaired) electrons. The van der Waals surface area contributed by atoms with Gasteiger partial charge in [0, 0.05) is 12.3 Å². The first-order chi connectivity index (χ1) is 7.97. The number of hydrogen-bond acceptors (Lipinski definition) is 5. The van der Waals surface area contributed by atoms with Crippen LogP contribution in [0.4, 0.5) is 14.5 Å². The Morgan fingerprint density at radius 1 is 1.65 bits per heavy atom. The van der Waals surface area contributed by atoms with Crippen molar-refractivity contribution in [1.82, 2.24) is 4.98 Å². The van der Waals surface area contributed by atoms with Crippen LogP contribution in [0.25, 0.3) is 0 Å². The van der Waals surface area contributed by atoms with Crippen LogP contribution in [0.15, 0.2) is 12.3 Å². The molecule has 8 heteroatoms. The van der Waals surface area contributed by atoms with Crippen molar-refractivity contribution >= 4 is 11.7 Å². The molecule has 1 aromatic heterocycles. The molecule has 1 heterocycles. The van der Waals surface area contributed by atoms with Gasteiger partial charge in [-0.1, -0.05) is 0 Å². The standard InChI is InChI=1S/C9H8F2N2O4/c1-2-17-9(14)6-3-7(13(15)16)5(4-12-6)8(10)11/h3-4,8H,2H2,1H3. The highest BCUT2D eigenvalue weighted by atomic mass is 19.3. The molecule has 0 N–H and O–H groups in total. The Morgan fingerprint density at radius 3 is 2.76 bits per heavy atom. The summed E-state index contributed by atoms with van der Waals surface area (Å²) in [6, 6.07) is 0.680. The minimum absolute atomic E-state index is 0.0604. The molecular formula is C9H8F2N2O4. The number of carbonyl (C=O) groups is 1. The molecule has 0 saturated heterocycles. The van der Waals surface area contributed by atoms with Crippen LogP contribution in [0.3, 0.4) is 0 Å². The van der Waals surface area contributed by atoms with Crippen LogP contribution in [0.2, 0.25) is 0 Å². The van der Waals surface area contributed by atoms with E-state index in [-0.39, 0.29) is 12.3 Å². The highest BCUT2D eigenvalue weighted by Crippen LogP contribution is 2.28. The summed E-state index contributed by atoms with van der Waals surface area (Å²) in [7, 11) is 0. The van der Waals surface area contributed by atoms with Crippen LogP contribution in [0, 0.1) is 10.1 Å². The molecule has 17 heavy (non-hydrogen) atoms. The Hall–Kier alpha value is -2.12. The van der Waals surface area contributed by atoms with E-state index in [2.05, 4.69) is 9.72 Å². The number of carbonyl (C=O) groups excluding carboxylic acids is 1. The molecule has 0 aliphatic carbocycles. The Balaban J connectivity index is 3.19. The number of ether oxygens (including phenoxy) is 1. The molecule has 0 bridgehead atoms. The van der Waals surface area contributed by atoms with Crippen molar-refractivity contribution in [2.24, 2.45) is 0 Å². The van der Waals surface area contributed by atoms with Gasteiger partial charge in [-0.15, -0.1) is 0 Å². The van der Waals surface area contributed by atoms with E-state index in [4.69, 9.17) is 0 Å². The topological polar surface area (TPSA) is 82.3 Å². The van der Waals surface area contributed by atoms with Gasteiger partial charge in [0.05, 0.1) is 11.5 Å². The zero-order valence-corrected chi connectivity index (χ0v) is 8.72. The van der Waals surface area contributed by atoms with Crippen LogP contribution in [0.5, 0.6) is 0 Å². The van der Waals surface area contributed by atoms with E-state index in [1.54, 1.807) is 6.92 Å². The summed E-state index contributed by atoms with van der Waals surface area (Å²) < 4.78 is 29.4. The number of nitro groups is 1. The number of pyridine rings is 1. The predicted molar refractivity (Wildman–Crippen MR) is 51.8 cm³/mol. The van der Waals surface area contributed by atoms with Crippen molar-refractivity contribution in [3.05, 3.63) is 33.6 Å². The lowest BCUT2D eigenvalue weighted by molar-refractivity contribution is -0.386. The summed E-state index contributed by atoms with van der Waals surface area (Å²) in [5.74, 6) is -0.892. The number of esters is 1. The second kappa shape index (κ2) is 5.28. The third-order valence-electron chi connectivity index (χ3n) is 1.83. The summed E-state index contributed by atoms with van der Waals surface area (Å²) in [6.45, 7) is 1.60. The first-order valence-corrected chi connectivity index (χ1v) is 4.57. The largest absolute Gasteiger partial charge is 0.461 e. The lowest BCUT2D eigenvalue weighted by Crippen LogP contribution is -2.09. The highest BCUT2D eigenvalue weighted by molar-refractivity contribution is 5.88. The van der Waals surface area contributed by atoms with Crippen molar-refractivity contribution in [2.45, 2.75) is 13.3 Å². The Morgan fingerprint density at radius 2 is 2.29 bits per heavy atom. The molecule has 1 rings (SSSR count). The number of nitrogens with zero attached hydrogens (tertiary/aromatic N) is 2. The van der Waals surface area contributed by atoms with Crippen molar-refractivity contribution in [1.29, 1.82) is 0 Å². The zero-order valence-electron chi connectivity index (χ0n) is 8.72. The van der Waals surface area contributed by atoms with Crippen molar-refractivity contribution in [2.75, 3.05) is 6.61 Å². The normalized spacial score (nSPS) is 10.4. The van der Waals surface area contributed by atoms with Crippen LogP contribution in [0.1, 0.15) is 29.4 Å². The van der Waals surface area contributed by atoms with Crippen molar-refractivity contribution in [3.8, 4) is 0 Å². The van der Waals surface area contributed by atoms with Crippen LogP contribution < -0.4 is 0 Å². The summed E-state index contributed by atoms with van der Waals surface area (Å²) in [4.78, 5) is 24.2. The fourth-order valence-corrected chi connectivity index (χ4v) is 1.10. The third-order valence-corrected chi connectivity index (χ3v) is 1.83. The molecule has 0 aliphatic rings. The second-order valence-electron chi connectivity index (χ2n) is 2.91. The fraction of sp³-hybridized carbons (Fsp3) is 0.333. The number of rotatable bonds is 4. The van der Waals surface area contributed by atoms with Gasteiger partial charge >= 0.3 is 5.97 Å². The highest BCUT2D eigenvalue weighted by Gasteiger charge is 2.24. The summed E-state index contributed by atoms with van der Waals surface area (Å²) in [6.07, 6.45) is -2.42. The molecule has 92 valence electrons. The Bertz CT molecular complexity index is 451. The van der Waals surface area contributed by atoms with Gasteiger partial charge in [0.1, 0.15) is 5.56 Å². The monoisotopic (exact) mass is 246 g/mol. The average molecular weight is 246 g/mol. The van der Waals surface area contributed by atoms with E-state index in [0.29, 0.717) is 12.3 Å². The average Bonchev–Trinajstić information content (AvgIpc) is 2.28. The summed E-state index contributed by atoms with van der Waals surface area (Å²) in [5, 5.41) is 10.6. The minimum Gasteiger partial charge on any atom is -0.461 e. The maximum Gasteiger partial charge on any atom is 0.357 e. The number of hydrogen-bond donors (Lipinski definition) is 0. The van der Waals surface area contributed by atoms with E-state index in [9.17, 15) is 23.7 Å². The van der Waals surface area contributed by atoms with Gasteiger partial charge in [0.2, 0.25) is 0 Å². The zero-order chi connectivity index (χ0) is 13.0. The Kier molecular flexibility index (Phi) is 4.02. The molecular weight excluding hydrogens is 238 g/mol. The van der Waals surface area contributed by atoms with Gasteiger partial charge in [-0.25, -0.2) is 18.6 Å². The van der Waals surface area contributed by atoms with Gasteiger partial charge in [-0.05, 0) is 6.92 Å². The molecule has 0 atom stereocenters. The first kappa shape index (κ1) is 12.9. The molecule has 1 aromatic rings. The maximum absolute atomic E-state index is 12.4. The van der Waals surface area contributed by atoms with Crippen molar-refractivity contribution in [3.63, 3.8) is 0 Å². The van der Waals surface area contributed by atoms with Crippen LogP contribution in [-0.4, -0.2) is 22.5 Å². The van der Waals surface area contributed by atoms with E-state index in [1.807, 2.05) is 0 Å². The van der Waals surface area contributed by atoms with Gasteiger partial charge in [-0.2, -0.15) is 0 Å². The summed E-state index contributed by atoms with van der Waals surface area (Å²) >= 11 is 0. The molecule has 0 spiro atoms.